The third-order valence-electron chi connectivity index (χ3n) is 10.6. The molecule has 0 aliphatic rings. The van der Waals surface area contributed by atoms with Crippen LogP contribution in [0.4, 0.5) is 0 Å². The van der Waals surface area contributed by atoms with E-state index in [4.69, 9.17) is 14.2 Å². The Hall–Kier alpha value is -3.41. The molecule has 0 aromatic carbocycles. The lowest BCUT2D eigenvalue weighted by molar-refractivity contribution is -0.167. The monoisotopic (exact) mass is 863 g/mol. The average molecular weight is 863 g/mol. The molecule has 0 saturated heterocycles. The fourth-order valence-electron chi connectivity index (χ4n) is 6.68. The van der Waals surface area contributed by atoms with E-state index in [-0.39, 0.29) is 37.5 Å². The van der Waals surface area contributed by atoms with Crippen molar-refractivity contribution in [3.63, 3.8) is 0 Å². The van der Waals surface area contributed by atoms with Crippen molar-refractivity contribution >= 4 is 17.9 Å². The molecule has 0 rings (SSSR count). The number of hydrogen-bond donors (Lipinski definition) is 0. The smallest absolute Gasteiger partial charge is 0.306 e. The minimum atomic E-state index is -0.806. The van der Waals surface area contributed by atoms with Crippen LogP contribution < -0.4 is 0 Å². The molecule has 0 heterocycles. The lowest BCUT2D eigenvalue weighted by atomic mass is 10.1. The Morgan fingerprint density at radius 1 is 0.323 bits per heavy atom. The Labute approximate surface area is 382 Å². The van der Waals surface area contributed by atoms with Crippen LogP contribution in [0.25, 0.3) is 0 Å². The molecule has 0 radical (unpaired) electrons. The molecule has 1 unspecified atom stereocenters. The van der Waals surface area contributed by atoms with Gasteiger partial charge in [0.2, 0.25) is 0 Å². The molecule has 0 aliphatic heterocycles. The van der Waals surface area contributed by atoms with Crippen molar-refractivity contribution in [1.82, 2.24) is 0 Å². The molecule has 0 aromatic rings. The Bertz CT molecular complexity index is 1220. The molecule has 0 amide bonds. The summed E-state index contributed by atoms with van der Waals surface area (Å²) in [5.41, 5.74) is 0. The average Bonchev–Trinajstić information content (AvgIpc) is 3.27. The van der Waals surface area contributed by atoms with E-state index in [1.165, 1.54) is 89.9 Å². The van der Waals surface area contributed by atoms with Gasteiger partial charge in [0, 0.05) is 19.3 Å². The van der Waals surface area contributed by atoms with E-state index in [2.05, 4.69) is 106 Å². The molecule has 6 nitrogen and oxygen atoms in total. The Balaban J connectivity index is 4.47. The molecule has 0 aliphatic carbocycles. The van der Waals surface area contributed by atoms with E-state index < -0.39 is 6.10 Å². The van der Waals surface area contributed by atoms with Gasteiger partial charge in [-0.05, 0) is 109 Å². The van der Waals surface area contributed by atoms with Gasteiger partial charge in [0.15, 0.2) is 6.10 Å². The second kappa shape index (κ2) is 50.2. The van der Waals surface area contributed by atoms with Crippen molar-refractivity contribution < 1.29 is 28.6 Å². The summed E-state index contributed by atoms with van der Waals surface area (Å²) in [4.78, 5) is 37.9. The summed E-state index contributed by atoms with van der Waals surface area (Å²) < 4.78 is 16.7. The molecule has 0 spiro atoms. The van der Waals surface area contributed by atoms with E-state index >= 15 is 0 Å². The fraction of sp³-hybridized carbons (Fsp3) is 0.696. The zero-order valence-corrected chi connectivity index (χ0v) is 40.4. The van der Waals surface area contributed by atoms with Crippen LogP contribution in [-0.4, -0.2) is 37.2 Å². The molecule has 0 bridgehead atoms. The zero-order chi connectivity index (χ0) is 45.1. The van der Waals surface area contributed by atoms with Crippen LogP contribution >= 0.6 is 0 Å². The summed E-state index contributed by atoms with van der Waals surface area (Å²) >= 11 is 0. The van der Waals surface area contributed by atoms with E-state index in [0.29, 0.717) is 19.3 Å². The van der Waals surface area contributed by atoms with Gasteiger partial charge in [0.1, 0.15) is 13.2 Å². The van der Waals surface area contributed by atoms with Gasteiger partial charge in [0.25, 0.3) is 0 Å². The first-order valence-corrected chi connectivity index (χ1v) is 25.6. The molecular formula is C56H94O6. The minimum absolute atomic E-state index is 0.104. The molecule has 354 valence electrons. The van der Waals surface area contributed by atoms with Crippen molar-refractivity contribution in [3.05, 3.63) is 85.1 Å². The van der Waals surface area contributed by atoms with Crippen LogP contribution in [0.5, 0.6) is 0 Å². The van der Waals surface area contributed by atoms with Gasteiger partial charge in [-0.1, -0.05) is 189 Å². The van der Waals surface area contributed by atoms with Gasteiger partial charge in [0.05, 0.1) is 0 Å². The van der Waals surface area contributed by atoms with Crippen LogP contribution in [0.1, 0.15) is 233 Å². The first-order valence-electron chi connectivity index (χ1n) is 25.6. The van der Waals surface area contributed by atoms with E-state index in [9.17, 15) is 14.4 Å². The summed E-state index contributed by atoms with van der Waals surface area (Å²) in [6.07, 6.45) is 64.3. The highest BCUT2D eigenvalue weighted by Crippen LogP contribution is 2.13. The molecule has 0 fully saturated rings. The Kier molecular flexibility index (Phi) is 47.5. The second-order valence-electron chi connectivity index (χ2n) is 16.7. The summed E-state index contributed by atoms with van der Waals surface area (Å²) in [7, 11) is 0. The molecule has 62 heavy (non-hydrogen) atoms. The number of carbonyl (C=O) groups is 3. The van der Waals surface area contributed by atoms with Gasteiger partial charge in [-0.25, -0.2) is 0 Å². The maximum atomic E-state index is 12.8. The van der Waals surface area contributed by atoms with Crippen molar-refractivity contribution in [2.24, 2.45) is 0 Å². The van der Waals surface area contributed by atoms with Gasteiger partial charge < -0.3 is 14.2 Å². The highest BCUT2D eigenvalue weighted by molar-refractivity contribution is 5.71. The second-order valence-corrected chi connectivity index (χ2v) is 16.7. The number of unbranched alkanes of at least 4 members (excludes halogenated alkanes) is 20. The maximum Gasteiger partial charge on any atom is 0.306 e. The van der Waals surface area contributed by atoms with Gasteiger partial charge >= 0.3 is 17.9 Å². The molecular weight excluding hydrogens is 769 g/mol. The number of esters is 3. The fourth-order valence-corrected chi connectivity index (χ4v) is 6.68. The van der Waals surface area contributed by atoms with Crippen molar-refractivity contribution in [1.29, 1.82) is 0 Å². The quantitative estimate of drug-likeness (QED) is 0.0263. The highest BCUT2D eigenvalue weighted by Gasteiger charge is 2.19. The predicted octanol–water partition coefficient (Wildman–Crippen LogP) is 16.8. The van der Waals surface area contributed by atoms with E-state index in [1.807, 2.05) is 0 Å². The van der Waals surface area contributed by atoms with Crippen molar-refractivity contribution in [2.45, 2.75) is 239 Å². The number of ether oxygens (including phenoxy) is 3. The Morgan fingerprint density at radius 2 is 0.613 bits per heavy atom. The zero-order valence-electron chi connectivity index (χ0n) is 40.4. The van der Waals surface area contributed by atoms with Crippen LogP contribution in [0, 0.1) is 0 Å². The minimum Gasteiger partial charge on any atom is -0.462 e. The number of rotatable bonds is 45. The lowest BCUT2D eigenvalue weighted by Crippen LogP contribution is -2.30. The molecule has 0 N–H and O–H groups in total. The standard InChI is InChI=1S/C56H94O6/c1-4-7-10-13-16-19-22-24-26-28-30-32-34-37-40-43-46-49-55(58)61-52-53(51-60-54(57)48-45-42-39-36-21-18-15-12-9-6-3)62-56(59)50-47-44-41-38-35-33-31-29-27-25-23-20-17-14-11-8-5-2/h15-20,24-27,30,32,37,40,53H,4-14,21-23,28-29,31,33-36,38-39,41-52H2,1-3H3/b18-15-,19-16-,20-17-,26-24-,27-25-,32-30-,40-37-. The van der Waals surface area contributed by atoms with E-state index in [0.717, 1.165) is 96.3 Å². The van der Waals surface area contributed by atoms with Crippen LogP contribution in [0.3, 0.4) is 0 Å². The lowest BCUT2D eigenvalue weighted by Gasteiger charge is -2.18. The highest BCUT2D eigenvalue weighted by atomic mass is 16.6. The van der Waals surface area contributed by atoms with Crippen LogP contribution in [0.15, 0.2) is 85.1 Å². The third-order valence-corrected chi connectivity index (χ3v) is 10.6. The summed E-state index contributed by atoms with van der Waals surface area (Å²) in [5, 5.41) is 0. The van der Waals surface area contributed by atoms with Crippen molar-refractivity contribution in [3.8, 4) is 0 Å². The van der Waals surface area contributed by atoms with Crippen LogP contribution in [-0.2, 0) is 28.6 Å². The number of hydrogen-bond acceptors (Lipinski definition) is 6. The molecule has 6 heteroatoms. The first kappa shape index (κ1) is 58.6. The predicted molar refractivity (Wildman–Crippen MR) is 265 cm³/mol. The SMILES string of the molecule is CCCC/C=C\CCCCCCC(=O)OCC(COC(=O)CCC/C=C\C/C=C\C/C=C\C/C=C\CCCCC)OC(=O)CCCCCCCCC/C=C\C/C=C\CCCCC. The third kappa shape index (κ3) is 47.6. The largest absolute Gasteiger partial charge is 0.462 e. The molecule has 0 saturated carbocycles. The summed E-state index contributed by atoms with van der Waals surface area (Å²) in [5.74, 6) is -0.985. The normalized spacial score (nSPS) is 12.8. The number of allylic oxidation sites excluding steroid dienone is 14. The summed E-state index contributed by atoms with van der Waals surface area (Å²) in [6, 6.07) is 0. The topological polar surface area (TPSA) is 78.9 Å². The van der Waals surface area contributed by atoms with Gasteiger partial charge in [-0.2, -0.15) is 0 Å². The van der Waals surface area contributed by atoms with Crippen molar-refractivity contribution in [2.75, 3.05) is 13.2 Å². The molecule has 0 aromatic heterocycles. The number of carbonyl (C=O) groups excluding carboxylic acids is 3. The van der Waals surface area contributed by atoms with Gasteiger partial charge in [-0.3, -0.25) is 14.4 Å². The maximum absolute atomic E-state index is 12.8. The van der Waals surface area contributed by atoms with E-state index in [1.54, 1.807) is 0 Å². The summed E-state index contributed by atoms with van der Waals surface area (Å²) in [6.45, 7) is 6.47. The molecule has 1 atom stereocenters. The first-order chi connectivity index (χ1) is 30.5. The van der Waals surface area contributed by atoms with Crippen LogP contribution in [0.2, 0.25) is 0 Å². The van der Waals surface area contributed by atoms with Gasteiger partial charge in [-0.15, -0.1) is 0 Å². The Morgan fingerprint density at radius 3 is 1.03 bits per heavy atom.